The summed E-state index contributed by atoms with van der Waals surface area (Å²) in [4.78, 5) is 29.9. The van der Waals surface area contributed by atoms with Crippen molar-refractivity contribution in [3.05, 3.63) is 56.7 Å². The van der Waals surface area contributed by atoms with Crippen LogP contribution in [0.25, 0.3) is 11.2 Å². The predicted molar refractivity (Wildman–Crippen MR) is 113 cm³/mol. The molecule has 0 bridgehead atoms. The summed E-state index contributed by atoms with van der Waals surface area (Å²) in [6.45, 7) is 3.72. The van der Waals surface area contributed by atoms with Crippen LogP contribution in [0.3, 0.4) is 0 Å². The van der Waals surface area contributed by atoms with Crippen molar-refractivity contribution in [1.82, 2.24) is 24.0 Å². The fraction of sp³-hybridized carbons (Fsp3) is 0.450. The standard InChI is InChI=1S/C20H28N6O3/c1-4-15(12-21-10-11-27)22-19-23-17-16(18(28)25(3)20(29)24(17)2)26(19)13-14-8-6-5-7-9-14/h5-9,15,21,27H,4,10-13H2,1-3H3,(H,22,23). The van der Waals surface area contributed by atoms with Gasteiger partial charge >= 0.3 is 5.69 Å². The zero-order valence-corrected chi connectivity index (χ0v) is 17.1. The van der Waals surface area contributed by atoms with Gasteiger partial charge in [-0.25, -0.2) is 4.79 Å². The quantitative estimate of drug-likeness (QED) is 0.445. The van der Waals surface area contributed by atoms with E-state index in [4.69, 9.17) is 5.11 Å². The number of hydrogen-bond donors (Lipinski definition) is 3. The maximum absolute atomic E-state index is 12.9. The molecule has 9 heteroatoms. The Labute approximate surface area is 168 Å². The van der Waals surface area contributed by atoms with E-state index in [-0.39, 0.29) is 18.2 Å². The van der Waals surface area contributed by atoms with Crippen LogP contribution in [0.4, 0.5) is 5.95 Å². The molecule has 0 saturated carbocycles. The molecule has 0 aliphatic rings. The molecule has 0 amide bonds. The van der Waals surface area contributed by atoms with E-state index in [1.54, 1.807) is 7.05 Å². The normalized spacial score (nSPS) is 12.4. The van der Waals surface area contributed by atoms with Crippen LogP contribution < -0.4 is 21.9 Å². The zero-order chi connectivity index (χ0) is 21.0. The Balaban J connectivity index is 2.11. The first-order chi connectivity index (χ1) is 14.0. The van der Waals surface area contributed by atoms with Gasteiger partial charge in [0.2, 0.25) is 5.95 Å². The predicted octanol–water partition coefficient (Wildman–Crippen LogP) is 0.254. The van der Waals surface area contributed by atoms with Crippen LogP contribution in [0.15, 0.2) is 39.9 Å². The van der Waals surface area contributed by atoms with E-state index in [2.05, 4.69) is 22.5 Å². The second-order valence-corrected chi connectivity index (χ2v) is 7.06. The third-order valence-corrected chi connectivity index (χ3v) is 5.04. The molecule has 9 nitrogen and oxygen atoms in total. The number of hydrogen-bond acceptors (Lipinski definition) is 6. The number of aromatic nitrogens is 4. The number of nitrogens with one attached hydrogen (secondary N) is 2. The van der Waals surface area contributed by atoms with Crippen LogP contribution in [0, 0.1) is 0 Å². The second kappa shape index (κ2) is 9.06. The van der Waals surface area contributed by atoms with Crippen molar-refractivity contribution in [2.75, 3.05) is 25.0 Å². The highest BCUT2D eigenvalue weighted by atomic mass is 16.3. The van der Waals surface area contributed by atoms with Gasteiger partial charge in [-0.15, -0.1) is 0 Å². The number of aryl methyl sites for hydroxylation is 1. The van der Waals surface area contributed by atoms with Gasteiger partial charge in [-0.05, 0) is 12.0 Å². The number of imidazole rings is 1. The summed E-state index contributed by atoms with van der Waals surface area (Å²) in [6.07, 6.45) is 0.823. The molecule has 0 aliphatic heterocycles. The monoisotopic (exact) mass is 400 g/mol. The van der Waals surface area contributed by atoms with E-state index in [0.717, 1.165) is 16.6 Å². The van der Waals surface area contributed by atoms with Crippen LogP contribution in [-0.4, -0.2) is 49.5 Å². The number of aliphatic hydroxyl groups is 1. The Morgan fingerprint density at radius 1 is 1.14 bits per heavy atom. The second-order valence-electron chi connectivity index (χ2n) is 7.06. The number of aliphatic hydroxyl groups excluding tert-OH is 1. The summed E-state index contributed by atoms with van der Waals surface area (Å²) in [5.41, 5.74) is 0.993. The minimum absolute atomic E-state index is 0.0498. The molecule has 1 unspecified atom stereocenters. The van der Waals surface area contributed by atoms with Gasteiger partial charge in [0.25, 0.3) is 5.56 Å². The summed E-state index contributed by atoms with van der Waals surface area (Å²) in [7, 11) is 3.10. The molecule has 0 aliphatic carbocycles. The Kier molecular flexibility index (Phi) is 6.50. The first kappa shape index (κ1) is 20.8. The minimum atomic E-state index is -0.407. The fourth-order valence-corrected chi connectivity index (χ4v) is 3.31. The van der Waals surface area contributed by atoms with Crippen molar-refractivity contribution in [2.45, 2.75) is 25.9 Å². The highest BCUT2D eigenvalue weighted by molar-refractivity contribution is 5.74. The smallest absolute Gasteiger partial charge is 0.332 e. The number of nitrogens with zero attached hydrogens (tertiary/aromatic N) is 4. The lowest BCUT2D eigenvalue weighted by molar-refractivity contribution is 0.291. The van der Waals surface area contributed by atoms with Gasteiger partial charge in [0.1, 0.15) is 0 Å². The van der Waals surface area contributed by atoms with Gasteiger partial charge in [0, 0.05) is 33.2 Å². The van der Waals surface area contributed by atoms with Gasteiger partial charge < -0.3 is 15.7 Å². The van der Waals surface area contributed by atoms with Gasteiger partial charge in [-0.1, -0.05) is 37.3 Å². The topological polar surface area (TPSA) is 106 Å². The molecule has 0 spiro atoms. The maximum atomic E-state index is 12.9. The van der Waals surface area contributed by atoms with E-state index in [9.17, 15) is 9.59 Å². The van der Waals surface area contributed by atoms with E-state index in [1.807, 2.05) is 34.9 Å². The summed E-state index contributed by atoms with van der Waals surface area (Å²) in [6, 6.07) is 9.86. The molecule has 0 saturated heterocycles. The molecule has 2 aromatic heterocycles. The van der Waals surface area contributed by atoms with Crippen LogP contribution >= 0.6 is 0 Å². The molecule has 29 heavy (non-hydrogen) atoms. The van der Waals surface area contributed by atoms with Crippen molar-refractivity contribution >= 4 is 17.1 Å². The number of benzene rings is 1. The Morgan fingerprint density at radius 2 is 1.86 bits per heavy atom. The number of fused-ring (bicyclic) bond motifs is 1. The third kappa shape index (κ3) is 4.25. The van der Waals surface area contributed by atoms with E-state index >= 15 is 0 Å². The van der Waals surface area contributed by atoms with Gasteiger partial charge in [0.15, 0.2) is 11.2 Å². The fourth-order valence-electron chi connectivity index (χ4n) is 3.31. The van der Waals surface area contributed by atoms with Crippen LogP contribution in [0.5, 0.6) is 0 Å². The van der Waals surface area contributed by atoms with Gasteiger partial charge in [-0.3, -0.25) is 18.5 Å². The SMILES string of the molecule is CCC(CNCCO)Nc1nc2c(c(=O)n(C)c(=O)n2C)n1Cc1ccccc1. The number of rotatable bonds is 9. The maximum Gasteiger partial charge on any atom is 0.332 e. The lowest BCUT2D eigenvalue weighted by Gasteiger charge is -2.19. The van der Waals surface area contributed by atoms with Gasteiger partial charge in [0.05, 0.1) is 13.2 Å². The molecule has 1 atom stereocenters. The van der Waals surface area contributed by atoms with Crippen molar-refractivity contribution in [3.63, 3.8) is 0 Å². The van der Waals surface area contributed by atoms with Crippen molar-refractivity contribution in [1.29, 1.82) is 0 Å². The third-order valence-electron chi connectivity index (χ3n) is 5.04. The van der Waals surface area contributed by atoms with Crippen molar-refractivity contribution in [3.8, 4) is 0 Å². The zero-order valence-electron chi connectivity index (χ0n) is 17.1. The Hall–Kier alpha value is -2.91. The molecule has 0 radical (unpaired) electrons. The first-order valence-corrected chi connectivity index (χ1v) is 9.76. The van der Waals surface area contributed by atoms with Crippen LogP contribution in [0.2, 0.25) is 0 Å². The summed E-state index contributed by atoms with van der Waals surface area (Å²) < 4.78 is 4.34. The largest absolute Gasteiger partial charge is 0.395 e. The summed E-state index contributed by atoms with van der Waals surface area (Å²) in [5.74, 6) is 0.541. The van der Waals surface area contributed by atoms with Crippen LogP contribution in [0.1, 0.15) is 18.9 Å². The minimum Gasteiger partial charge on any atom is -0.395 e. The summed E-state index contributed by atoms with van der Waals surface area (Å²) >= 11 is 0. The van der Waals surface area contributed by atoms with Crippen molar-refractivity contribution < 1.29 is 5.11 Å². The summed E-state index contributed by atoms with van der Waals surface area (Å²) in [5, 5.41) is 15.6. The Morgan fingerprint density at radius 3 is 2.52 bits per heavy atom. The van der Waals surface area contributed by atoms with Crippen LogP contribution in [-0.2, 0) is 20.6 Å². The van der Waals surface area contributed by atoms with E-state index in [1.165, 1.54) is 11.6 Å². The molecule has 3 N–H and O–H groups in total. The first-order valence-electron chi connectivity index (χ1n) is 9.76. The lowest BCUT2D eigenvalue weighted by atomic mass is 10.2. The highest BCUT2D eigenvalue weighted by Gasteiger charge is 2.20. The molecule has 156 valence electrons. The lowest BCUT2D eigenvalue weighted by Crippen LogP contribution is -2.37. The number of anilines is 1. The molecular formula is C20H28N6O3. The van der Waals surface area contributed by atoms with Crippen molar-refractivity contribution in [2.24, 2.45) is 14.1 Å². The molecule has 3 aromatic rings. The molecule has 3 rings (SSSR count). The molecule has 0 fully saturated rings. The van der Waals surface area contributed by atoms with E-state index < -0.39 is 5.69 Å². The Bertz CT molecular complexity index is 1080. The van der Waals surface area contributed by atoms with Gasteiger partial charge in [-0.2, -0.15) is 4.98 Å². The van der Waals surface area contributed by atoms with E-state index in [0.29, 0.717) is 36.7 Å². The average Bonchev–Trinajstić information content (AvgIpc) is 3.08. The molecule has 2 heterocycles. The molecule has 1 aromatic carbocycles. The highest BCUT2D eigenvalue weighted by Crippen LogP contribution is 2.19. The average molecular weight is 400 g/mol. The molecular weight excluding hydrogens is 372 g/mol.